The number of aliphatic hydroxyl groups excluding tert-OH is 2. The van der Waals surface area contributed by atoms with E-state index in [9.17, 15) is 9.90 Å². The molecule has 6 heteroatoms. The van der Waals surface area contributed by atoms with E-state index >= 15 is 0 Å². The second-order valence-corrected chi connectivity index (χ2v) is 3.29. The maximum absolute atomic E-state index is 11.2. The zero-order chi connectivity index (χ0) is 10.1. The number of aliphatic hydroxyl groups is 2. The van der Waals surface area contributed by atoms with Gasteiger partial charge in [0.2, 0.25) is 0 Å². The molecule has 0 aromatic carbocycles. The molecule has 1 aliphatic heterocycles. The Morgan fingerprint density at radius 3 is 3.00 bits per heavy atom. The van der Waals surface area contributed by atoms with Crippen molar-refractivity contribution >= 4 is 0 Å². The molecule has 6 nitrogen and oxygen atoms in total. The molecule has 78 valence electrons. The molecule has 0 aliphatic carbocycles. The summed E-state index contributed by atoms with van der Waals surface area (Å²) in [5, 5.41) is 18.3. The summed E-state index contributed by atoms with van der Waals surface area (Å²) in [5.74, 6) is 0. The maximum Gasteiger partial charge on any atom is 0.327 e. The van der Waals surface area contributed by atoms with Crippen LogP contribution in [0.1, 0.15) is 12.6 Å². The van der Waals surface area contributed by atoms with Crippen LogP contribution < -0.4 is 5.69 Å². The Kier molecular flexibility index (Phi) is 2.40. The van der Waals surface area contributed by atoms with E-state index in [1.807, 2.05) is 0 Å². The topological polar surface area (TPSA) is 87.5 Å². The van der Waals surface area contributed by atoms with Gasteiger partial charge in [-0.05, 0) is 0 Å². The van der Waals surface area contributed by atoms with Gasteiger partial charge in [0.1, 0.15) is 12.3 Å². The Balaban J connectivity index is 2.16. The van der Waals surface area contributed by atoms with E-state index in [1.165, 1.54) is 10.8 Å². The van der Waals surface area contributed by atoms with Crippen LogP contribution in [0.5, 0.6) is 0 Å². The standard InChI is InChI=1S/C8H12N2O4/c11-4-6-5(12)3-7(14-6)10-2-1-9-8(10)13/h1-2,5-7,11-12H,3-4H2,(H,9,13)/t5-,6+,7?/m0/s1. The highest BCUT2D eigenvalue weighted by atomic mass is 16.5. The largest absolute Gasteiger partial charge is 0.394 e. The van der Waals surface area contributed by atoms with E-state index in [1.54, 1.807) is 6.20 Å². The van der Waals surface area contributed by atoms with Crippen LogP contribution in [0.15, 0.2) is 17.2 Å². The summed E-state index contributed by atoms with van der Waals surface area (Å²) in [6.07, 6.45) is 1.58. The summed E-state index contributed by atoms with van der Waals surface area (Å²) < 4.78 is 6.65. The summed E-state index contributed by atoms with van der Waals surface area (Å²) in [7, 11) is 0. The van der Waals surface area contributed by atoms with Crippen LogP contribution in [-0.2, 0) is 4.74 Å². The van der Waals surface area contributed by atoms with Crippen molar-refractivity contribution in [2.75, 3.05) is 6.61 Å². The Hall–Kier alpha value is -1.11. The fourth-order valence-electron chi connectivity index (χ4n) is 1.61. The summed E-state index contributed by atoms with van der Waals surface area (Å²) in [6, 6.07) is 0. The fraction of sp³-hybridized carbons (Fsp3) is 0.625. The average Bonchev–Trinajstić information content (AvgIpc) is 2.71. The number of hydrogen-bond donors (Lipinski definition) is 3. The first-order valence-electron chi connectivity index (χ1n) is 4.42. The van der Waals surface area contributed by atoms with Gasteiger partial charge in [0, 0.05) is 18.8 Å². The van der Waals surface area contributed by atoms with Gasteiger partial charge in [0.05, 0.1) is 12.7 Å². The summed E-state index contributed by atoms with van der Waals surface area (Å²) in [5.41, 5.74) is -0.277. The summed E-state index contributed by atoms with van der Waals surface area (Å²) in [4.78, 5) is 13.7. The molecule has 3 atom stereocenters. The number of H-pyrrole nitrogens is 1. The van der Waals surface area contributed by atoms with Crippen LogP contribution >= 0.6 is 0 Å². The molecule has 0 amide bonds. The van der Waals surface area contributed by atoms with Crippen molar-refractivity contribution in [3.05, 3.63) is 22.9 Å². The maximum atomic E-state index is 11.2. The molecule has 3 N–H and O–H groups in total. The molecule has 1 saturated heterocycles. The average molecular weight is 200 g/mol. The SMILES string of the molecule is O=c1[nH]ccn1C1C[C@H](O)[C@@H](CO)O1. The first kappa shape index (κ1) is 9.45. The molecule has 0 saturated carbocycles. The van der Waals surface area contributed by atoms with E-state index in [0.717, 1.165) is 0 Å². The number of rotatable bonds is 2. The van der Waals surface area contributed by atoms with Crippen molar-refractivity contribution in [3.63, 3.8) is 0 Å². The number of aromatic amines is 1. The van der Waals surface area contributed by atoms with Crippen LogP contribution in [0, 0.1) is 0 Å². The zero-order valence-corrected chi connectivity index (χ0v) is 7.46. The summed E-state index contributed by atoms with van der Waals surface area (Å²) in [6.45, 7) is -0.239. The molecule has 1 aromatic heterocycles. The third kappa shape index (κ3) is 1.47. The van der Waals surface area contributed by atoms with Crippen LogP contribution in [-0.4, -0.2) is 38.6 Å². The van der Waals surface area contributed by atoms with E-state index < -0.39 is 18.4 Å². The monoisotopic (exact) mass is 200 g/mol. The van der Waals surface area contributed by atoms with E-state index in [-0.39, 0.29) is 12.3 Å². The number of ether oxygens (including phenoxy) is 1. The number of imidazole rings is 1. The molecule has 14 heavy (non-hydrogen) atoms. The third-order valence-electron chi connectivity index (χ3n) is 2.37. The molecular formula is C8H12N2O4. The van der Waals surface area contributed by atoms with Gasteiger partial charge in [-0.25, -0.2) is 4.79 Å². The van der Waals surface area contributed by atoms with Crippen molar-refractivity contribution in [1.29, 1.82) is 0 Å². The van der Waals surface area contributed by atoms with Crippen LogP contribution in [0.2, 0.25) is 0 Å². The Bertz CT molecular complexity index is 358. The summed E-state index contributed by atoms with van der Waals surface area (Å²) >= 11 is 0. The van der Waals surface area contributed by atoms with Crippen molar-refractivity contribution in [2.24, 2.45) is 0 Å². The lowest BCUT2D eigenvalue weighted by Gasteiger charge is -2.11. The van der Waals surface area contributed by atoms with Gasteiger partial charge in [-0.3, -0.25) is 4.57 Å². The van der Waals surface area contributed by atoms with Crippen molar-refractivity contribution < 1.29 is 14.9 Å². The molecule has 1 fully saturated rings. The molecule has 2 rings (SSSR count). The van der Waals surface area contributed by atoms with Gasteiger partial charge in [0.25, 0.3) is 0 Å². The predicted octanol–water partition coefficient (Wildman–Crippen LogP) is -1.18. The van der Waals surface area contributed by atoms with Gasteiger partial charge in [-0.1, -0.05) is 0 Å². The third-order valence-corrected chi connectivity index (χ3v) is 2.37. The van der Waals surface area contributed by atoms with Gasteiger partial charge in [-0.2, -0.15) is 0 Å². The van der Waals surface area contributed by atoms with Crippen molar-refractivity contribution in [3.8, 4) is 0 Å². The minimum absolute atomic E-state index is 0.239. The number of aromatic nitrogens is 2. The molecule has 0 bridgehead atoms. The predicted molar refractivity (Wildman–Crippen MR) is 46.7 cm³/mol. The second kappa shape index (κ2) is 3.56. The van der Waals surface area contributed by atoms with Crippen molar-refractivity contribution in [1.82, 2.24) is 9.55 Å². The number of hydrogen-bond acceptors (Lipinski definition) is 4. The molecular weight excluding hydrogens is 188 g/mol. The number of nitrogens with one attached hydrogen (secondary N) is 1. The zero-order valence-electron chi connectivity index (χ0n) is 7.46. The lowest BCUT2D eigenvalue weighted by Crippen LogP contribution is -2.25. The minimum Gasteiger partial charge on any atom is -0.394 e. The second-order valence-electron chi connectivity index (χ2n) is 3.29. The van der Waals surface area contributed by atoms with Crippen LogP contribution in [0.25, 0.3) is 0 Å². The molecule has 1 unspecified atom stereocenters. The molecule has 1 aromatic rings. The first-order valence-corrected chi connectivity index (χ1v) is 4.42. The molecule has 0 spiro atoms. The van der Waals surface area contributed by atoms with Gasteiger partial charge >= 0.3 is 5.69 Å². The lowest BCUT2D eigenvalue weighted by atomic mass is 10.2. The highest BCUT2D eigenvalue weighted by molar-refractivity contribution is 4.85. The highest BCUT2D eigenvalue weighted by Gasteiger charge is 2.34. The minimum atomic E-state index is -0.716. The first-order chi connectivity index (χ1) is 6.72. The van der Waals surface area contributed by atoms with E-state index in [0.29, 0.717) is 6.42 Å². The molecule has 0 radical (unpaired) electrons. The van der Waals surface area contributed by atoms with Crippen LogP contribution in [0.4, 0.5) is 0 Å². The smallest absolute Gasteiger partial charge is 0.327 e. The van der Waals surface area contributed by atoms with Crippen molar-refractivity contribution in [2.45, 2.75) is 24.9 Å². The number of nitrogens with zero attached hydrogens (tertiary/aromatic N) is 1. The molecule has 2 heterocycles. The highest BCUT2D eigenvalue weighted by Crippen LogP contribution is 2.26. The Labute approximate surface area is 79.8 Å². The van der Waals surface area contributed by atoms with E-state index in [4.69, 9.17) is 9.84 Å². The molecule has 1 aliphatic rings. The van der Waals surface area contributed by atoms with Gasteiger partial charge in [0.15, 0.2) is 0 Å². The van der Waals surface area contributed by atoms with Gasteiger partial charge in [-0.15, -0.1) is 0 Å². The Morgan fingerprint density at radius 1 is 1.71 bits per heavy atom. The lowest BCUT2D eigenvalue weighted by molar-refractivity contribution is -0.0453. The fourth-order valence-corrected chi connectivity index (χ4v) is 1.61. The normalized spacial score (nSPS) is 32.3. The van der Waals surface area contributed by atoms with Gasteiger partial charge < -0.3 is 19.9 Å². The van der Waals surface area contributed by atoms with E-state index in [2.05, 4.69) is 4.98 Å². The van der Waals surface area contributed by atoms with Crippen LogP contribution in [0.3, 0.4) is 0 Å². The quantitative estimate of drug-likeness (QED) is 0.560. The Morgan fingerprint density at radius 2 is 2.50 bits per heavy atom.